The van der Waals surface area contributed by atoms with Gasteiger partial charge in [-0.05, 0) is 54.7 Å². The van der Waals surface area contributed by atoms with Crippen LogP contribution in [0.3, 0.4) is 0 Å². The topological polar surface area (TPSA) is 87.5 Å². The zero-order chi connectivity index (χ0) is 24.7. The van der Waals surface area contributed by atoms with Gasteiger partial charge in [-0.25, -0.2) is 4.98 Å². The lowest BCUT2D eigenvalue weighted by Crippen LogP contribution is -2.32. The van der Waals surface area contributed by atoms with E-state index < -0.39 is 5.92 Å². The molecule has 0 saturated heterocycles. The molecule has 0 spiro atoms. The van der Waals surface area contributed by atoms with Crippen LogP contribution in [-0.4, -0.2) is 33.0 Å². The number of esters is 1. The van der Waals surface area contributed by atoms with Gasteiger partial charge >= 0.3 is 5.97 Å². The first-order valence-electron chi connectivity index (χ1n) is 12.1. The van der Waals surface area contributed by atoms with Gasteiger partial charge in [0.2, 0.25) is 0 Å². The van der Waals surface area contributed by atoms with Gasteiger partial charge in [0.15, 0.2) is 5.12 Å². The van der Waals surface area contributed by atoms with E-state index in [9.17, 15) is 14.4 Å². The van der Waals surface area contributed by atoms with Crippen molar-refractivity contribution in [3.05, 3.63) is 56.9 Å². The normalized spacial score (nSPS) is 16.0. The standard InChI is InChI=1S/C27H28N2O5S/c1-4-17-20-11-16(33-9-6-10-35-15(3)30)7-8-23(20)28-25-21(17)13-29-24(25)12-19-18(5-2)27(32)34-14-22(19)26(29)31/h7-8,11-12,18H,4-6,9-10,13-14H2,1-3H3. The van der Waals surface area contributed by atoms with Crippen LogP contribution in [0, 0.1) is 0 Å². The highest BCUT2D eigenvalue weighted by molar-refractivity contribution is 8.13. The third-order valence-corrected chi connectivity index (χ3v) is 7.71. The number of ether oxygens (including phenoxy) is 2. The van der Waals surface area contributed by atoms with Gasteiger partial charge in [-0.15, -0.1) is 0 Å². The van der Waals surface area contributed by atoms with Crippen LogP contribution in [0.4, 0.5) is 0 Å². The SMILES string of the molecule is CCc1c2c(nc3ccc(OCCCSC(C)=O)cc13)-c1cc3c(c(=O)n1C2)COC(=O)C3CC. The molecule has 2 aromatic heterocycles. The molecule has 8 heteroatoms. The van der Waals surface area contributed by atoms with Crippen molar-refractivity contribution in [1.82, 2.24) is 9.55 Å². The fraction of sp³-hybridized carbons (Fsp3) is 0.407. The summed E-state index contributed by atoms with van der Waals surface area (Å²) in [4.78, 5) is 41.8. The molecule has 0 radical (unpaired) electrons. The van der Waals surface area contributed by atoms with Gasteiger partial charge in [0.05, 0.1) is 41.5 Å². The van der Waals surface area contributed by atoms with E-state index in [2.05, 4.69) is 6.92 Å². The van der Waals surface area contributed by atoms with Crippen molar-refractivity contribution in [3.8, 4) is 17.1 Å². The lowest BCUT2D eigenvalue weighted by atomic mass is 9.90. The van der Waals surface area contributed by atoms with E-state index in [0.717, 1.165) is 63.3 Å². The minimum absolute atomic E-state index is 0.0295. The number of hydrogen-bond donors (Lipinski definition) is 0. The number of benzene rings is 1. The minimum Gasteiger partial charge on any atom is -0.494 e. The molecule has 7 nitrogen and oxygen atoms in total. The van der Waals surface area contributed by atoms with Crippen molar-refractivity contribution in [3.63, 3.8) is 0 Å². The number of aromatic nitrogens is 2. The summed E-state index contributed by atoms with van der Waals surface area (Å²) in [5, 5.41) is 1.14. The van der Waals surface area contributed by atoms with Gasteiger partial charge in [-0.1, -0.05) is 25.6 Å². The number of cyclic esters (lactones) is 1. The summed E-state index contributed by atoms with van der Waals surface area (Å²) in [6, 6.07) is 7.87. The maximum Gasteiger partial charge on any atom is 0.313 e. The molecule has 0 bridgehead atoms. The summed E-state index contributed by atoms with van der Waals surface area (Å²) in [7, 11) is 0. The summed E-state index contributed by atoms with van der Waals surface area (Å²) in [5.41, 5.74) is 5.91. The Morgan fingerprint density at radius 1 is 1.23 bits per heavy atom. The van der Waals surface area contributed by atoms with Crippen LogP contribution in [0.1, 0.15) is 61.8 Å². The largest absolute Gasteiger partial charge is 0.494 e. The third-order valence-electron chi connectivity index (χ3n) is 6.81. The molecule has 0 N–H and O–H groups in total. The Balaban J connectivity index is 1.53. The van der Waals surface area contributed by atoms with Crippen molar-refractivity contribution >= 4 is 33.7 Å². The summed E-state index contributed by atoms with van der Waals surface area (Å²) in [6.45, 7) is 6.64. The Bertz CT molecular complexity index is 1410. The molecule has 2 aliphatic rings. The summed E-state index contributed by atoms with van der Waals surface area (Å²) >= 11 is 1.31. The number of carbonyl (C=O) groups excluding carboxylic acids is 2. The molecule has 1 unspecified atom stereocenters. The van der Waals surface area contributed by atoms with Crippen molar-refractivity contribution in [2.75, 3.05) is 12.4 Å². The first-order valence-corrected chi connectivity index (χ1v) is 13.1. The lowest BCUT2D eigenvalue weighted by molar-refractivity contribution is -0.148. The van der Waals surface area contributed by atoms with Crippen LogP contribution < -0.4 is 10.3 Å². The molecule has 5 rings (SSSR count). The van der Waals surface area contributed by atoms with Crippen LogP contribution in [0.5, 0.6) is 5.75 Å². The molecule has 35 heavy (non-hydrogen) atoms. The van der Waals surface area contributed by atoms with Crippen LogP contribution >= 0.6 is 11.8 Å². The highest BCUT2D eigenvalue weighted by Gasteiger charge is 2.34. The van der Waals surface area contributed by atoms with E-state index >= 15 is 0 Å². The Morgan fingerprint density at radius 2 is 2.06 bits per heavy atom. The zero-order valence-electron chi connectivity index (χ0n) is 20.2. The monoisotopic (exact) mass is 492 g/mol. The summed E-state index contributed by atoms with van der Waals surface area (Å²) < 4.78 is 13.0. The quantitative estimate of drug-likeness (QED) is 0.275. The van der Waals surface area contributed by atoms with Crippen molar-refractivity contribution < 1.29 is 19.1 Å². The van der Waals surface area contributed by atoms with Gasteiger partial charge in [0.25, 0.3) is 5.56 Å². The molecule has 1 atom stereocenters. The minimum atomic E-state index is -0.416. The second kappa shape index (κ2) is 9.49. The Morgan fingerprint density at radius 3 is 2.80 bits per heavy atom. The Hall–Kier alpha value is -3.13. The second-order valence-corrected chi connectivity index (χ2v) is 10.2. The van der Waals surface area contributed by atoms with E-state index in [0.29, 0.717) is 25.1 Å². The molecular formula is C27H28N2O5S. The molecule has 3 aromatic rings. The van der Waals surface area contributed by atoms with Gasteiger partial charge in [-0.2, -0.15) is 0 Å². The molecule has 0 aliphatic carbocycles. The van der Waals surface area contributed by atoms with Gasteiger partial charge in [0, 0.05) is 23.6 Å². The predicted octanol–water partition coefficient (Wildman–Crippen LogP) is 4.59. The number of carbonyl (C=O) groups is 2. The smallest absolute Gasteiger partial charge is 0.313 e. The fourth-order valence-electron chi connectivity index (χ4n) is 5.12. The fourth-order valence-corrected chi connectivity index (χ4v) is 5.67. The lowest BCUT2D eigenvalue weighted by Gasteiger charge is -2.24. The molecule has 0 amide bonds. The molecule has 2 aliphatic heterocycles. The first kappa shape index (κ1) is 23.6. The van der Waals surface area contributed by atoms with Crippen LogP contribution in [0.25, 0.3) is 22.3 Å². The maximum atomic E-state index is 13.4. The van der Waals surface area contributed by atoms with Crippen LogP contribution in [-0.2, 0) is 33.9 Å². The molecule has 1 aromatic carbocycles. The number of pyridine rings is 2. The first-order chi connectivity index (χ1) is 16.9. The van der Waals surface area contributed by atoms with Crippen LogP contribution in [0.2, 0.25) is 0 Å². The van der Waals surface area contributed by atoms with E-state index in [1.807, 2.05) is 31.2 Å². The number of hydrogen-bond acceptors (Lipinski definition) is 7. The van der Waals surface area contributed by atoms with Gasteiger partial charge in [0.1, 0.15) is 12.4 Å². The van der Waals surface area contributed by atoms with Crippen molar-refractivity contribution in [2.24, 2.45) is 0 Å². The zero-order valence-corrected chi connectivity index (χ0v) is 21.0. The number of rotatable bonds is 7. The van der Waals surface area contributed by atoms with E-state index in [-0.39, 0.29) is 23.3 Å². The predicted molar refractivity (Wildman–Crippen MR) is 136 cm³/mol. The van der Waals surface area contributed by atoms with Crippen molar-refractivity contribution in [2.45, 2.75) is 59.1 Å². The molecule has 4 heterocycles. The highest BCUT2D eigenvalue weighted by Crippen LogP contribution is 2.39. The van der Waals surface area contributed by atoms with Crippen molar-refractivity contribution in [1.29, 1.82) is 0 Å². The van der Waals surface area contributed by atoms with Gasteiger partial charge in [-0.3, -0.25) is 14.4 Å². The Kier molecular flexibility index (Phi) is 6.40. The number of thioether (sulfide) groups is 1. The summed E-state index contributed by atoms with van der Waals surface area (Å²) in [5.74, 6) is 0.827. The molecule has 182 valence electrons. The number of fused-ring (bicyclic) bond motifs is 5. The number of nitrogens with zero attached hydrogens (tertiary/aromatic N) is 2. The van der Waals surface area contributed by atoms with E-state index in [1.165, 1.54) is 11.8 Å². The molecule has 0 saturated carbocycles. The second-order valence-electron chi connectivity index (χ2n) is 8.92. The Labute approximate surface area is 207 Å². The van der Waals surface area contributed by atoms with E-state index in [1.54, 1.807) is 11.5 Å². The van der Waals surface area contributed by atoms with Crippen LogP contribution in [0.15, 0.2) is 29.1 Å². The molecular weight excluding hydrogens is 464 g/mol. The summed E-state index contributed by atoms with van der Waals surface area (Å²) in [6.07, 6.45) is 2.17. The number of aryl methyl sites for hydroxylation is 1. The average Bonchev–Trinajstić information content (AvgIpc) is 3.20. The van der Waals surface area contributed by atoms with Gasteiger partial charge < -0.3 is 14.0 Å². The average molecular weight is 493 g/mol. The van der Waals surface area contributed by atoms with E-state index in [4.69, 9.17) is 14.5 Å². The third kappa shape index (κ3) is 4.14. The maximum absolute atomic E-state index is 13.4. The highest BCUT2D eigenvalue weighted by atomic mass is 32.2. The molecule has 0 fully saturated rings.